The summed E-state index contributed by atoms with van der Waals surface area (Å²) in [5.41, 5.74) is 5.84. The summed E-state index contributed by atoms with van der Waals surface area (Å²) < 4.78 is 0. The molecule has 0 aliphatic carbocycles. The Labute approximate surface area is 104 Å². The molecule has 1 saturated heterocycles. The molecule has 0 spiro atoms. The zero-order chi connectivity index (χ0) is 12.7. The predicted molar refractivity (Wildman–Crippen MR) is 70.4 cm³/mol. The van der Waals surface area contributed by atoms with Crippen LogP contribution in [0.25, 0.3) is 0 Å². The molecule has 5 nitrogen and oxygen atoms in total. The Morgan fingerprint density at radius 2 is 2.12 bits per heavy atom. The molecule has 0 aromatic carbocycles. The molecule has 1 fully saturated rings. The van der Waals surface area contributed by atoms with Crippen molar-refractivity contribution in [3.63, 3.8) is 0 Å². The molecule has 0 aromatic rings. The highest BCUT2D eigenvalue weighted by Gasteiger charge is 2.27. The number of oxime groups is 1. The molecule has 1 rings (SSSR count). The fourth-order valence-corrected chi connectivity index (χ4v) is 2.17. The fraction of sp³-hybridized carbons (Fsp3) is 0.917. The monoisotopic (exact) mass is 242 g/mol. The van der Waals surface area contributed by atoms with Crippen LogP contribution in [-0.2, 0) is 0 Å². The molecule has 0 saturated carbocycles. The lowest BCUT2D eigenvalue weighted by molar-refractivity contribution is 0.137. The zero-order valence-electron chi connectivity index (χ0n) is 11.1. The summed E-state index contributed by atoms with van der Waals surface area (Å²) in [6.07, 6.45) is 4.10. The minimum Gasteiger partial charge on any atom is -0.409 e. The number of likely N-dealkylation sites (tertiary alicyclic amines) is 1. The van der Waals surface area contributed by atoms with Gasteiger partial charge >= 0.3 is 0 Å². The van der Waals surface area contributed by atoms with Crippen LogP contribution in [0, 0.1) is 5.41 Å². The summed E-state index contributed by atoms with van der Waals surface area (Å²) in [6, 6.07) is 0. The molecule has 0 unspecified atom stereocenters. The van der Waals surface area contributed by atoms with Crippen LogP contribution in [-0.4, -0.2) is 49.2 Å². The van der Waals surface area contributed by atoms with E-state index in [0.29, 0.717) is 17.7 Å². The Morgan fingerprint density at radius 3 is 2.71 bits per heavy atom. The summed E-state index contributed by atoms with van der Waals surface area (Å²) in [4.78, 5) is 2.39. The lowest BCUT2D eigenvalue weighted by Crippen LogP contribution is -2.42. The molecule has 0 bridgehead atoms. The second-order valence-electron chi connectivity index (χ2n) is 5.49. The van der Waals surface area contributed by atoms with Gasteiger partial charge in [-0.25, -0.2) is 0 Å². The predicted octanol–water partition coefficient (Wildman–Crippen LogP) is 0.835. The molecule has 17 heavy (non-hydrogen) atoms. The molecule has 4 N–H and O–H groups in total. The number of hydrogen-bond acceptors (Lipinski definition) is 4. The first-order valence-corrected chi connectivity index (χ1v) is 6.41. The van der Waals surface area contributed by atoms with Gasteiger partial charge in [0.25, 0.3) is 0 Å². The molecule has 0 radical (unpaired) electrons. The fourth-order valence-electron chi connectivity index (χ4n) is 2.17. The average Bonchev–Trinajstić information content (AvgIpc) is 2.32. The number of nitrogens with two attached hydrogens (primary N) is 1. The van der Waals surface area contributed by atoms with Crippen LogP contribution in [0.15, 0.2) is 5.16 Å². The van der Waals surface area contributed by atoms with E-state index in [-0.39, 0.29) is 0 Å². The first-order valence-electron chi connectivity index (χ1n) is 6.41. The van der Waals surface area contributed by atoms with Gasteiger partial charge in [-0.2, -0.15) is 0 Å². The molecule has 0 amide bonds. The Balaban J connectivity index is 2.09. The normalized spacial score (nSPS) is 21.6. The topological polar surface area (TPSA) is 73.9 Å². The van der Waals surface area contributed by atoms with Crippen LogP contribution in [0.3, 0.4) is 0 Å². The van der Waals surface area contributed by atoms with Crippen molar-refractivity contribution in [2.45, 2.75) is 32.6 Å². The second kappa shape index (κ2) is 6.81. The number of amidine groups is 1. The van der Waals surface area contributed by atoms with E-state index in [9.17, 15) is 0 Å². The van der Waals surface area contributed by atoms with Crippen molar-refractivity contribution in [1.82, 2.24) is 10.2 Å². The standard InChI is InChI=1S/C12H26N4O/c1-12(5-8-16(2)9-6-12)10-14-7-3-4-11(13)15-17/h14,17H,3-10H2,1-2H3,(H2,13,15). The first-order chi connectivity index (χ1) is 8.06. The van der Waals surface area contributed by atoms with Gasteiger partial charge in [0.05, 0.1) is 0 Å². The van der Waals surface area contributed by atoms with Crippen molar-refractivity contribution >= 4 is 5.84 Å². The highest BCUT2D eigenvalue weighted by atomic mass is 16.4. The minimum absolute atomic E-state index is 0.317. The van der Waals surface area contributed by atoms with Gasteiger partial charge in [-0.3, -0.25) is 0 Å². The zero-order valence-corrected chi connectivity index (χ0v) is 11.1. The van der Waals surface area contributed by atoms with Crippen LogP contribution in [0.4, 0.5) is 0 Å². The Kier molecular flexibility index (Phi) is 5.71. The highest BCUT2D eigenvalue weighted by molar-refractivity contribution is 5.79. The largest absolute Gasteiger partial charge is 0.409 e. The number of piperidine rings is 1. The number of nitrogens with zero attached hydrogens (tertiary/aromatic N) is 2. The molecule has 0 aromatic heterocycles. The first kappa shape index (κ1) is 14.3. The number of rotatable bonds is 6. The van der Waals surface area contributed by atoms with Gasteiger partial charge in [-0.1, -0.05) is 12.1 Å². The summed E-state index contributed by atoms with van der Waals surface area (Å²) in [5.74, 6) is 0.317. The van der Waals surface area contributed by atoms with Gasteiger partial charge in [0, 0.05) is 13.0 Å². The molecule has 0 atom stereocenters. The third-order valence-electron chi connectivity index (χ3n) is 3.66. The van der Waals surface area contributed by atoms with Crippen LogP contribution in [0.2, 0.25) is 0 Å². The molecule has 1 aliphatic rings. The van der Waals surface area contributed by atoms with Crippen molar-refractivity contribution < 1.29 is 5.21 Å². The smallest absolute Gasteiger partial charge is 0.139 e. The van der Waals surface area contributed by atoms with Crippen LogP contribution < -0.4 is 11.1 Å². The van der Waals surface area contributed by atoms with E-state index >= 15 is 0 Å². The van der Waals surface area contributed by atoms with Crippen LogP contribution in [0.5, 0.6) is 0 Å². The van der Waals surface area contributed by atoms with Gasteiger partial charge in [-0.15, -0.1) is 0 Å². The van der Waals surface area contributed by atoms with E-state index in [1.54, 1.807) is 0 Å². The maximum absolute atomic E-state index is 8.40. The third-order valence-corrected chi connectivity index (χ3v) is 3.66. The molecule has 1 aliphatic heterocycles. The lowest BCUT2D eigenvalue weighted by atomic mass is 9.80. The summed E-state index contributed by atoms with van der Waals surface area (Å²) in [7, 11) is 2.18. The lowest BCUT2D eigenvalue weighted by Gasteiger charge is -2.38. The number of hydrogen-bond donors (Lipinski definition) is 3. The van der Waals surface area contributed by atoms with Gasteiger partial charge in [0.1, 0.15) is 5.84 Å². The van der Waals surface area contributed by atoms with Crippen molar-refractivity contribution in [3.8, 4) is 0 Å². The quantitative estimate of drug-likeness (QED) is 0.212. The van der Waals surface area contributed by atoms with Crippen molar-refractivity contribution in [2.75, 3.05) is 33.2 Å². The maximum atomic E-state index is 8.40. The summed E-state index contributed by atoms with van der Waals surface area (Å²) >= 11 is 0. The molecular formula is C12H26N4O. The SMILES string of the molecule is CN1CCC(C)(CNCCCC(N)=NO)CC1. The molecule has 5 heteroatoms. The van der Waals surface area contributed by atoms with Gasteiger partial charge in [0.15, 0.2) is 0 Å². The summed E-state index contributed by atoms with van der Waals surface area (Å²) in [5, 5.41) is 14.8. The van der Waals surface area contributed by atoms with Gasteiger partial charge in [0.2, 0.25) is 0 Å². The van der Waals surface area contributed by atoms with Crippen LogP contribution >= 0.6 is 0 Å². The molecular weight excluding hydrogens is 216 g/mol. The Hall–Kier alpha value is -0.810. The van der Waals surface area contributed by atoms with E-state index in [1.807, 2.05) is 0 Å². The van der Waals surface area contributed by atoms with Crippen LogP contribution in [0.1, 0.15) is 32.6 Å². The van der Waals surface area contributed by atoms with E-state index in [4.69, 9.17) is 10.9 Å². The van der Waals surface area contributed by atoms with Crippen molar-refractivity contribution in [3.05, 3.63) is 0 Å². The summed E-state index contributed by atoms with van der Waals surface area (Å²) in [6.45, 7) is 6.75. The second-order valence-corrected chi connectivity index (χ2v) is 5.49. The molecule has 1 heterocycles. The minimum atomic E-state index is 0.317. The van der Waals surface area contributed by atoms with E-state index < -0.39 is 0 Å². The van der Waals surface area contributed by atoms with Crippen molar-refractivity contribution in [2.24, 2.45) is 16.3 Å². The van der Waals surface area contributed by atoms with Crippen molar-refractivity contribution in [1.29, 1.82) is 0 Å². The van der Waals surface area contributed by atoms with E-state index in [0.717, 1.165) is 19.5 Å². The van der Waals surface area contributed by atoms with Gasteiger partial charge in [-0.05, 0) is 51.4 Å². The van der Waals surface area contributed by atoms with E-state index in [1.165, 1.54) is 25.9 Å². The Morgan fingerprint density at radius 1 is 1.47 bits per heavy atom. The third kappa shape index (κ3) is 5.37. The van der Waals surface area contributed by atoms with Gasteiger partial charge < -0.3 is 21.2 Å². The average molecular weight is 242 g/mol. The molecule has 100 valence electrons. The van der Waals surface area contributed by atoms with E-state index in [2.05, 4.69) is 29.3 Å². The maximum Gasteiger partial charge on any atom is 0.139 e. The highest BCUT2D eigenvalue weighted by Crippen LogP contribution is 2.29. The number of nitrogens with one attached hydrogen (secondary N) is 1. The Bertz CT molecular complexity index is 247.